The summed E-state index contributed by atoms with van der Waals surface area (Å²) >= 11 is 3.51. The minimum Gasteiger partial charge on any atom is -0.493 e. The predicted octanol–water partition coefficient (Wildman–Crippen LogP) is 3.06. The minimum atomic E-state index is -0.692. The molecule has 1 N–H and O–H groups in total. The molecule has 2 heterocycles. The lowest BCUT2D eigenvalue weighted by Crippen LogP contribution is -2.06. The Morgan fingerprint density at radius 1 is 1.43 bits per heavy atom. The van der Waals surface area contributed by atoms with Crippen LogP contribution in [0.1, 0.15) is 22.9 Å². The van der Waals surface area contributed by atoms with Gasteiger partial charge in [-0.1, -0.05) is 22.0 Å². The van der Waals surface area contributed by atoms with E-state index in [0.29, 0.717) is 24.6 Å². The van der Waals surface area contributed by atoms with Crippen molar-refractivity contribution >= 4 is 15.9 Å². The van der Waals surface area contributed by atoms with Crippen LogP contribution in [0.25, 0.3) is 0 Å². The molecule has 21 heavy (non-hydrogen) atoms. The van der Waals surface area contributed by atoms with Crippen molar-refractivity contribution in [3.05, 3.63) is 51.6 Å². The van der Waals surface area contributed by atoms with Gasteiger partial charge in [0.2, 0.25) is 5.88 Å². The zero-order valence-corrected chi connectivity index (χ0v) is 13.3. The summed E-state index contributed by atoms with van der Waals surface area (Å²) in [5.41, 5.74) is 2.78. The fourth-order valence-corrected chi connectivity index (χ4v) is 3.09. The maximum atomic E-state index is 10.4. The smallest absolute Gasteiger partial charge is 0.213 e. The number of aliphatic hydroxyl groups excluding tert-OH is 1. The summed E-state index contributed by atoms with van der Waals surface area (Å²) < 4.78 is 11.8. The lowest BCUT2D eigenvalue weighted by atomic mass is 10.0. The number of aliphatic hydroxyl groups is 1. The third kappa shape index (κ3) is 3.04. The van der Waals surface area contributed by atoms with Gasteiger partial charge in [0, 0.05) is 23.4 Å². The molecule has 0 fully saturated rings. The van der Waals surface area contributed by atoms with Gasteiger partial charge in [-0.2, -0.15) is 0 Å². The second kappa shape index (κ2) is 6.03. The van der Waals surface area contributed by atoms with E-state index in [1.165, 1.54) is 5.56 Å². The summed E-state index contributed by atoms with van der Waals surface area (Å²) in [6.07, 6.45) is 0.680. The molecule has 1 unspecified atom stereocenters. The Morgan fingerprint density at radius 3 is 3.10 bits per heavy atom. The quantitative estimate of drug-likeness (QED) is 0.921. The fraction of sp³-hybridized carbons (Fsp3) is 0.312. The maximum Gasteiger partial charge on any atom is 0.213 e. The number of benzene rings is 1. The van der Waals surface area contributed by atoms with Crippen molar-refractivity contribution < 1.29 is 14.6 Å². The van der Waals surface area contributed by atoms with Gasteiger partial charge in [-0.3, -0.25) is 0 Å². The molecular formula is C16H16BrNO3. The largest absolute Gasteiger partial charge is 0.493 e. The van der Waals surface area contributed by atoms with Crippen molar-refractivity contribution in [1.82, 2.24) is 4.98 Å². The Hall–Kier alpha value is -1.59. The fourth-order valence-electron chi connectivity index (χ4n) is 2.54. The molecule has 1 aliphatic rings. The van der Waals surface area contributed by atoms with E-state index in [1.54, 1.807) is 19.2 Å². The molecule has 4 nitrogen and oxygen atoms in total. The van der Waals surface area contributed by atoms with Gasteiger partial charge in [-0.15, -0.1) is 0 Å². The van der Waals surface area contributed by atoms with Gasteiger partial charge in [0.25, 0.3) is 0 Å². The van der Waals surface area contributed by atoms with Gasteiger partial charge in [0.15, 0.2) is 0 Å². The number of hydrogen-bond donors (Lipinski definition) is 1. The first kappa shape index (κ1) is 14.4. The third-order valence-corrected chi connectivity index (χ3v) is 3.99. The van der Waals surface area contributed by atoms with Gasteiger partial charge >= 0.3 is 0 Å². The summed E-state index contributed by atoms with van der Waals surface area (Å²) in [5, 5.41) is 10.4. The number of aromatic nitrogens is 1. The first-order valence-electron chi connectivity index (χ1n) is 6.80. The molecule has 0 spiro atoms. The lowest BCUT2D eigenvalue weighted by molar-refractivity contribution is 0.171. The summed E-state index contributed by atoms with van der Waals surface area (Å²) in [4.78, 5) is 4.28. The maximum absolute atomic E-state index is 10.4. The number of rotatable bonds is 4. The Labute approximate surface area is 131 Å². The highest BCUT2D eigenvalue weighted by atomic mass is 79.9. The molecular weight excluding hydrogens is 334 g/mol. The van der Waals surface area contributed by atoms with E-state index in [9.17, 15) is 5.11 Å². The Morgan fingerprint density at radius 2 is 2.29 bits per heavy atom. The molecule has 0 amide bonds. The second-order valence-corrected chi connectivity index (χ2v) is 5.89. The highest BCUT2D eigenvalue weighted by Gasteiger charge is 2.20. The van der Waals surface area contributed by atoms with Crippen molar-refractivity contribution in [2.45, 2.75) is 18.9 Å². The topological polar surface area (TPSA) is 51.6 Å². The van der Waals surface area contributed by atoms with Crippen LogP contribution < -0.4 is 9.47 Å². The van der Waals surface area contributed by atoms with Crippen molar-refractivity contribution in [2.75, 3.05) is 13.7 Å². The number of nitrogens with zero attached hydrogens (tertiary/aromatic N) is 1. The summed E-state index contributed by atoms with van der Waals surface area (Å²) in [7, 11) is 1.56. The van der Waals surface area contributed by atoms with Gasteiger partial charge in [-0.25, -0.2) is 4.98 Å². The van der Waals surface area contributed by atoms with Crippen LogP contribution in [0.2, 0.25) is 0 Å². The molecule has 0 saturated carbocycles. The highest BCUT2D eigenvalue weighted by molar-refractivity contribution is 9.10. The van der Waals surface area contributed by atoms with E-state index in [4.69, 9.17) is 9.47 Å². The molecule has 3 rings (SSSR count). The van der Waals surface area contributed by atoms with Gasteiger partial charge in [-0.05, 0) is 29.3 Å². The van der Waals surface area contributed by atoms with Crippen LogP contribution in [0, 0.1) is 0 Å². The van der Waals surface area contributed by atoms with Crippen molar-refractivity contribution in [1.29, 1.82) is 0 Å². The second-order valence-electron chi connectivity index (χ2n) is 4.98. The van der Waals surface area contributed by atoms with Gasteiger partial charge in [0.05, 0.1) is 19.4 Å². The molecule has 1 aliphatic heterocycles. The van der Waals surface area contributed by atoms with Crippen LogP contribution in [0.5, 0.6) is 11.6 Å². The van der Waals surface area contributed by atoms with Crippen molar-refractivity contribution in [2.24, 2.45) is 0 Å². The zero-order chi connectivity index (χ0) is 14.8. The van der Waals surface area contributed by atoms with Crippen molar-refractivity contribution in [3.63, 3.8) is 0 Å². The van der Waals surface area contributed by atoms with Gasteiger partial charge < -0.3 is 14.6 Å². The number of methoxy groups -OCH3 is 1. The average Bonchev–Trinajstić information content (AvgIpc) is 2.95. The number of hydrogen-bond acceptors (Lipinski definition) is 4. The van der Waals surface area contributed by atoms with Crippen LogP contribution in [-0.2, 0) is 12.8 Å². The van der Waals surface area contributed by atoms with Crippen LogP contribution in [0.15, 0.2) is 34.8 Å². The first-order chi connectivity index (χ1) is 10.2. The number of fused-ring (bicyclic) bond motifs is 1. The van der Waals surface area contributed by atoms with E-state index in [0.717, 1.165) is 22.2 Å². The molecule has 110 valence electrons. The number of halogens is 1. The molecule has 1 aromatic carbocycles. The average molecular weight is 350 g/mol. The molecule has 1 aromatic heterocycles. The number of ether oxygens (including phenoxy) is 2. The van der Waals surface area contributed by atoms with Crippen LogP contribution in [-0.4, -0.2) is 23.8 Å². The van der Waals surface area contributed by atoms with Crippen LogP contribution >= 0.6 is 15.9 Å². The summed E-state index contributed by atoms with van der Waals surface area (Å²) in [6, 6.07) is 9.45. The van der Waals surface area contributed by atoms with Crippen LogP contribution in [0.3, 0.4) is 0 Å². The molecule has 5 heteroatoms. The highest BCUT2D eigenvalue weighted by Crippen LogP contribution is 2.35. The summed E-state index contributed by atoms with van der Waals surface area (Å²) in [6.45, 7) is 0.701. The molecule has 0 radical (unpaired) electrons. The zero-order valence-electron chi connectivity index (χ0n) is 11.7. The lowest BCUT2D eigenvalue weighted by Gasteiger charge is -2.14. The molecule has 2 aromatic rings. The standard InChI is InChI=1S/C16H16BrNO3/c1-20-15-4-2-3-13(18-15)14(19)9-11-8-12(17)7-10-5-6-21-16(10)11/h2-4,7-8,14,19H,5-6,9H2,1H3. The van der Waals surface area contributed by atoms with Crippen LogP contribution in [0.4, 0.5) is 0 Å². The normalized spacial score (nSPS) is 14.4. The van der Waals surface area contributed by atoms with E-state index in [1.807, 2.05) is 12.1 Å². The first-order valence-corrected chi connectivity index (χ1v) is 7.60. The van der Waals surface area contributed by atoms with E-state index >= 15 is 0 Å². The molecule has 0 aliphatic carbocycles. The molecule has 0 bridgehead atoms. The minimum absolute atomic E-state index is 0.460. The molecule has 1 atom stereocenters. The SMILES string of the molecule is COc1cccc(C(O)Cc2cc(Br)cc3c2OCC3)n1. The third-order valence-electron chi connectivity index (χ3n) is 3.53. The molecule has 0 saturated heterocycles. The Bertz CT molecular complexity index is 660. The predicted molar refractivity (Wildman–Crippen MR) is 82.8 cm³/mol. The Balaban J connectivity index is 1.86. The van der Waals surface area contributed by atoms with Gasteiger partial charge in [0.1, 0.15) is 11.9 Å². The monoisotopic (exact) mass is 349 g/mol. The number of pyridine rings is 1. The van der Waals surface area contributed by atoms with Crippen molar-refractivity contribution in [3.8, 4) is 11.6 Å². The summed E-state index contributed by atoms with van der Waals surface area (Å²) in [5.74, 6) is 1.41. The Kier molecular flexibility index (Phi) is 4.12. The van der Waals surface area contributed by atoms with E-state index in [2.05, 4.69) is 27.0 Å². The van der Waals surface area contributed by atoms with E-state index in [-0.39, 0.29) is 0 Å². The van der Waals surface area contributed by atoms with E-state index < -0.39 is 6.10 Å².